The SMILES string of the molecule is CNS(=O)(=O)Cc1ccc(CNC(=O)[C@H]2COc3ccc(Cl)cc3C2)cc1. The molecule has 0 radical (unpaired) electrons. The van der Waals surface area contributed by atoms with Gasteiger partial charge in [-0.1, -0.05) is 35.9 Å². The highest BCUT2D eigenvalue weighted by Crippen LogP contribution is 2.29. The van der Waals surface area contributed by atoms with Crippen LogP contribution < -0.4 is 14.8 Å². The average Bonchev–Trinajstić information content (AvgIpc) is 2.66. The molecule has 0 unspecified atom stereocenters. The van der Waals surface area contributed by atoms with Crippen molar-refractivity contribution in [2.45, 2.75) is 18.7 Å². The molecule has 1 aliphatic heterocycles. The fourth-order valence-corrected chi connectivity index (χ4v) is 3.88. The van der Waals surface area contributed by atoms with Gasteiger partial charge in [-0.2, -0.15) is 0 Å². The van der Waals surface area contributed by atoms with E-state index in [0.717, 1.165) is 16.9 Å². The van der Waals surface area contributed by atoms with Crippen molar-refractivity contribution in [2.75, 3.05) is 13.7 Å². The van der Waals surface area contributed by atoms with Crippen molar-refractivity contribution in [2.24, 2.45) is 5.92 Å². The minimum absolute atomic E-state index is 0.0719. The molecule has 0 aromatic heterocycles. The molecule has 2 aromatic rings. The van der Waals surface area contributed by atoms with Gasteiger partial charge < -0.3 is 10.1 Å². The molecule has 1 atom stereocenters. The molecule has 2 N–H and O–H groups in total. The third-order valence-electron chi connectivity index (χ3n) is 4.46. The van der Waals surface area contributed by atoms with E-state index in [-0.39, 0.29) is 17.6 Å². The molecule has 0 aliphatic carbocycles. The normalized spacial score (nSPS) is 16.3. The zero-order valence-corrected chi connectivity index (χ0v) is 16.4. The number of sulfonamides is 1. The molecule has 3 rings (SSSR count). The fraction of sp³-hybridized carbons (Fsp3) is 0.316. The molecule has 27 heavy (non-hydrogen) atoms. The van der Waals surface area contributed by atoms with Crippen LogP contribution in [0.3, 0.4) is 0 Å². The van der Waals surface area contributed by atoms with E-state index in [0.29, 0.717) is 30.2 Å². The quantitative estimate of drug-likeness (QED) is 0.767. The minimum Gasteiger partial charge on any atom is -0.492 e. The van der Waals surface area contributed by atoms with Gasteiger partial charge in [0.25, 0.3) is 0 Å². The molecular formula is C19H21ClN2O4S. The van der Waals surface area contributed by atoms with E-state index in [1.165, 1.54) is 7.05 Å². The molecule has 0 saturated carbocycles. The topological polar surface area (TPSA) is 84.5 Å². The Balaban J connectivity index is 1.55. The Labute approximate surface area is 163 Å². The first-order chi connectivity index (χ1) is 12.9. The Hall–Kier alpha value is -2.09. The summed E-state index contributed by atoms with van der Waals surface area (Å²) in [6.07, 6.45) is 0.586. The lowest BCUT2D eigenvalue weighted by Crippen LogP contribution is -2.37. The molecule has 0 spiro atoms. The number of rotatable bonds is 6. The largest absolute Gasteiger partial charge is 0.492 e. The summed E-state index contributed by atoms with van der Waals surface area (Å²) >= 11 is 6.01. The molecule has 144 valence electrons. The summed E-state index contributed by atoms with van der Waals surface area (Å²) in [4.78, 5) is 12.4. The summed E-state index contributed by atoms with van der Waals surface area (Å²) in [5.41, 5.74) is 2.52. The summed E-state index contributed by atoms with van der Waals surface area (Å²) in [5, 5.41) is 3.53. The molecule has 1 heterocycles. The molecule has 6 nitrogen and oxygen atoms in total. The van der Waals surface area contributed by atoms with Gasteiger partial charge in [-0.05, 0) is 48.4 Å². The highest BCUT2D eigenvalue weighted by Gasteiger charge is 2.26. The summed E-state index contributed by atoms with van der Waals surface area (Å²) in [7, 11) is -1.91. The van der Waals surface area contributed by atoms with E-state index in [1.54, 1.807) is 18.2 Å². The van der Waals surface area contributed by atoms with Crippen LogP contribution in [0.2, 0.25) is 5.02 Å². The molecule has 0 fully saturated rings. The predicted molar refractivity (Wildman–Crippen MR) is 104 cm³/mol. The summed E-state index contributed by atoms with van der Waals surface area (Å²) < 4.78 is 31.1. The van der Waals surface area contributed by atoms with Crippen LogP contribution >= 0.6 is 11.6 Å². The highest BCUT2D eigenvalue weighted by atomic mass is 35.5. The number of ether oxygens (including phenoxy) is 1. The summed E-state index contributed by atoms with van der Waals surface area (Å²) in [6.45, 7) is 0.706. The number of carbonyl (C=O) groups is 1. The van der Waals surface area contributed by atoms with Crippen LogP contribution in [-0.2, 0) is 33.5 Å². The first kappa shape index (κ1) is 19.7. The Bertz CT molecular complexity index is 929. The second kappa shape index (κ2) is 8.29. The van der Waals surface area contributed by atoms with Crippen molar-refractivity contribution >= 4 is 27.5 Å². The monoisotopic (exact) mass is 408 g/mol. The standard InChI is InChI=1S/C19H21ClN2O4S/c1-21-27(24,25)12-14-4-2-13(3-5-14)10-22-19(23)16-8-15-9-17(20)6-7-18(15)26-11-16/h2-7,9,16,21H,8,10-12H2,1H3,(H,22,23)/t16-/m1/s1. The van der Waals surface area contributed by atoms with Gasteiger partial charge in [0, 0.05) is 11.6 Å². The van der Waals surface area contributed by atoms with Crippen LogP contribution in [0.4, 0.5) is 0 Å². The van der Waals surface area contributed by atoms with Crippen LogP contribution in [-0.4, -0.2) is 28.0 Å². The number of benzene rings is 2. The van der Waals surface area contributed by atoms with E-state index >= 15 is 0 Å². The number of hydrogen-bond acceptors (Lipinski definition) is 4. The molecule has 8 heteroatoms. The van der Waals surface area contributed by atoms with Crippen molar-refractivity contribution in [1.82, 2.24) is 10.0 Å². The van der Waals surface area contributed by atoms with Gasteiger partial charge in [0.1, 0.15) is 12.4 Å². The van der Waals surface area contributed by atoms with Crippen LogP contribution in [0.5, 0.6) is 5.75 Å². The van der Waals surface area contributed by atoms with Gasteiger partial charge in [-0.15, -0.1) is 0 Å². The maximum absolute atomic E-state index is 12.4. The third kappa shape index (κ3) is 5.22. The van der Waals surface area contributed by atoms with Crippen molar-refractivity contribution in [3.05, 3.63) is 64.2 Å². The lowest BCUT2D eigenvalue weighted by atomic mass is 9.96. The maximum atomic E-state index is 12.4. The number of hydrogen-bond donors (Lipinski definition) is 2. The van der Waals surface area contributed by atoms with E-state index in [2.05, 4.69) is 10.0 Å². The van der Waals surface area contributed by atoms with Crippen LogP contribution in [0.1, 0.15) is 16.7 Å². The van der Waals surface area contributed by atoms with Gasteiger partial charge in [0.15, 0.2) is 0 Å². The highest BCUT2D eigenvalue weighted by molar-refractivity contribution is 7.88. The van der Waals surface area contributed by atoms with Crippen molar-refractivity contribution in [3.8, 4) is 5.75 Å². The summed E-state index contributed by atoms with van der Waals surface area (Å²) in [6, 6.07) is 12.5. The zero-order valence-electron chi connectivity index (χ0n) is 14.9. The average molecular weight is 409 g/mol. The number of carbonyl (C=O) groups excluding carboxylic acids is 1. The maximum Gasteiger partial charge on any atom is 0.227 e. The van der Waals surface area contributed by atoms with Gasteiger partial charge in [-0.3, -0.25) is 4.79 Å². The number of halogens is 1. The van der Waals surface area contributed by atoms with Crippen LogP contribution in [0.15, 0.2) is 42.5 Å². The number of nitrogens with one attached hydrogen (secondary N) is 2. The Morgan fingerprint density at radius 3 is 2.59 bits per heavy atom. The first-order valence-corrected chi connectivity index (χ1v) is 10.6. The predicted octanol–water partition coefficient (Wildman–Crippen LogP) is 2.26. The van der Waals surface area contributed by atoms with Gasteiger partial charge in [-0.25, -0.2) is 13.1 Å². The minimum atomic E-state index is -3.30. The fourth-order valence-electron chi connectivity index (χ4n) is 2.91. The van der Waals surface area contributed by atoms with Crippen molar-refractivity contribution in [1.29, 1.82) is 0 Å². The number of amides is 1. The number of fused-ring (bicyclic) bond motifs is 1. The van der Waals surface area contributed by atoms with E-state index in [9.17, 15) is 13.2 Å². The smallest absolute Gasteiger partial charge is 0.227 e. The summed E-state index contributed by atoms with van der Waals surface area (Å²) in [5.74, 6) is 0.353. The van der Waals surface area contributed by atoms with Crippen LogP contribution in [0, 0.1) is 5.92 Å². The first-order valence-electron chi connectivity index (χ1n) is 8.54. The lowest BCUT2D eigenvalue weighted by Gasteiger charge is -2.24. The molecule has 2 aromatic carbocycles. The second-order valence-electron chi connectivity index (χ2n) is 6.46. The zero-order chi connectivity index (χ0) is 19.4. The van der Waals surface area contributed by atoms with E-state index < -0.39 is 10.0 Å². The Morgan fingerprint density at radius 2 is 1.89 bits per heavy atom. The van der Waals surface area contributed by atoms with E-state index in [4.69, 9.17) is 16.3 Å². The lowest BCUT2D eigenvalue weighted by molar-refractivity contribution is -0.126. The van der Waals surface area contributed by atoms with Crippen molar-refractivity contribution in [3.63, 3.8) is 0 Å². The molecule has 0 bridgehead atoms. The Morgan fingerprint density at radius 1 is 1.19 bits per heavy atom. The Kier molecular flexibility index (Phi) is 6.04. The van der Waals surface area contributed by atoms with Gasteiger partial charge in [0.05, 0.1) is 11.7 Å². The molecular weight excluding hydrogens is 388 g/mol. The van der Waals surface area contributed by atoms with E-state index in [1.807, 2.05) is 24.3 Å². The second-order valence-corrected chi connectivity index (χ2v) is 8.82. The van der Waals surface area contributed by atoms with Crippen LogP contribution in [0.25, 0.3) is 0 Å². The van der Waals surface area contributed by atoms with Gasteiger partial charge in [0.2, 0.25) is 15.9 Å². The molecule has 0 saturated heterocycles. The van der Waals surface area contributed by atoms with Gasteiger partial charge >= 0.3 is 0 Å². The molecule has 1 aliphatic rings. The third-order valence-corrected chi connectivity index (χ3v) is 6.03. The molecule has 1 amide bonds. The van der Waals surface area contributed by atoms with Crippen molar-refractivity contribution < 1.29 is 17.9 Å².